The molecule has 0 spiro atoms. The third kappa shape index (κ3) is 9.16. The first-order chi connectivity index (χ1) is 12.8. The molecular formula is C19H31N5O3. The van der Waals surface area contributed by atoms with Gasteiger partial charge >= 0.3 is 0 Å². The standard InChI is InChI=1S/C19H31N5O3/c1-4-16(19(27)22-13-17(20)25)23-18(26)15-8-6-14(7-9-15)12-21-10-5-11-24(2)3/h6-9,16,21H,4-5,10-13H2,1-3H3,(H2,20,25)(H,22,27)(H,23,26). The van der Waals surface area contributed by atoms with E-state index in [9.17, 15) is 14.4 Å². The fraction of sp³-hybridized carbons (Fsp3) is 0.526. The molecule has 0 aliphatic heterocycles. The molecule has 27 heavy (non-hydrogen) atoms. The molecule has 0 aliphatic rings. The van der Waals surface area contributed by atoms with Crippen molar-refractivity contribution in [1.82, 2.24) is 20.9 Å². The van der Waals surface area contributed by atoms with Crippen LogP contribution >= 0.6 is 0 Å². The quantitative estimate of drug-likeness (QED) is 0.378. The van der Waals surface area contributed by atoms with Gasteiger partial charge in [0.15, 0.2) is 0 Å². The van der Waals surface area contributed by atoms with E-state index in [0.29, 0.717) is 12.0 Å². The Labute approximate surface area is 160 Å². The number of nitrogens with zero attached hydrogens (tertiary/aromatic N) is 1. The van der Waals surface area contributed by atoms with E-state index in [0.717, 1.165) is 31.6 Å². The van der Waals surface area contributed by atoms with Gasteiger partial charge in [0, 0.05) is 12.1 Å². The lowest BCUT2D eigenvalue weighted by Gasteiger charge is -2.16. The molecular weight excluding hydrogens is 346 g/mol. The van der Waals surface area contributed by atoms with Gasteiger partial charge in [-0.15, -0.1) is 0 Å². The molecule has 1 aromatic rings. The third-order valence-corrected chi connectivity index (χ3v) is 3.97. The first-order valence-electron chi connectivity index (χ1n) is 9.14. The molecule has 0 fully saturated rings. The predicted octanol–water partition coefficient (Wildman–Crippen LogP) is -0.162. The first kappa shape index (κ1) is 22.6. The maximum absolute atomic E-state index is 12.3. The summed E-state index contributed by atoms with van der Waals surface area (Å²) >= 11 is 0. The zero-order valence-corrected chi connectivity index (χ0v) is 16.4. The lowest BCUT2D eigenvalue weighted by molar-refractivity contribution is -0.126. The van der Waals surface area contributed by atoms with Crippen molar-refractivity contribution in [2.24, 2.45) is 5.73 Å². The molecule has 150 valence electrons. The highest BCUT2D eigenvalue weighted by Crippen LogP contribution is 2.05. The highest BCUT2D eigenvalue weighted by atomic mass is 16.2. The Morgan fingerprint density at radius 2 is 1.81 bits per heavy atom. The molecule has 1 atom stereocenters. The van der Waals surface area contributed by atoms with E-state index in [-0.39, 0.29) is 12.5 Å². The van der Waals surface area contributed by atoms with E-state index in [1.165, 1.54) is 0 Å². The molecule has 1 unspecified atom stereocenters. The lowest BCUT2D eigenvalue weighted by atomic mass is 10.1. The van der Waals surface area contributed by atoms with Crippen LogP contribution in [0.3, 0.4) is 0 Å². The van der Waals surface area contributed by atoms with Crippen molar-refractivity contribution in [3.05, 3.63) is 35.4 Å². The highest BCUT2D eigenvalue weighted by molar-refractivity contribution is 5.98. The van der Waals surface area contributed by atoms with Crippen LogP contribution in [0.25, 0.3) is 0 Å². The smallest absolute Gasteiger partial charge is 0.251 e. The van der Waals surface area contributed by atoms with E-state index in [2.05, 4.69) is 20.9 Å². The zero-order valence-electron chi connectivity index (χ0n) is 16.4. The SMILES string of the molecule is CCC(NC(=O)c1ccc(CNCCCN(C)C)cc1)C(=O)NCC(N)=O. The van der Waals surface area contributed by atoms with E-state index in [1.807, 2.05) is 26.2 Å². The average molecular weight is 377 g/mol. The summed E-state index contributed by atoms with van der Waals surface area (Å²) in [4.78, 5) is 37.2. The minimum absolute atomic E-state index is 0.249. The second-order valence-electron chi connectivity index (χ2n) is 6.65. The van der Waals surface area contributed by atoms with Crippen molar-refractivity contribution in [1.29, 1.82) is 0 Å². The van der Waals surface area contributed by atoms with E-state index < -0.39 is 17.9 Å². The number of rotatable bonds is 12. The highest BCUT2D eigenvalue weighted by Gasteiger charge is 2.19. The third-order valence-electron chi connectivity index (χ3n) is 3.97. The second-order valence-corrected chi connectivity index (χ2v) is 6.65. The molecule has 0 saturated heterocycles. The van der Waals surface area contributed by atoms with Gasteiger partial charge in [-0.05, 0) is 57.7 Å². The number of carbonyl (C=O) groups excluding carboxylic acids is 3. The van der Waals surface area contributed by atoms with Crippen LogP contribution < -0.4 is 21.7 Å². The Morgan fingerprint density at radius 1 is 1.15 bits per heavy atom. The normalized spacial score (nSPS) is 11.9. The minimum atomic E-state index is -0.713. The summed E-state index contributed by atoms with van der Waals surface area (Å²) in [5.41, 5.74) is 6.57. The molecule has 8 heteroatoms. The fourth-order valence-corrected chi connectivity index (χ4v) is 2.42. The topological polar surface area (TPSA) is 117 Å². The lowest BCUT2D eigenvalue weighted by Crippen LogP contribution is -2.48. The van der Waals surface area contributed by atoms with Crippen LogP contribution in [0.4, 0.5) is 0 Å². The summed E-state index contributed by atoms with van der Waals surface area (Å²) in [7, 11) is 4.10. The largest absolute Gasteiger partial charge is 0.368 e. The number of nitrogens with two attached hydrogens (primary N) is 1. The van der Waals surface area contributed by atoms with Gasteiger partial charge in [0.1, 0.15) is 6.04 Å². The minimum Gasteiger partial charge on any atom is -0.368 e. The summed E-state index contributed by atoms with van der Waals surface area (Å²) in [6.45, 7) is 4.24. The van der Waals surface area contributed by atoms with Gasteiger partial charge in [-0.2, -0.15) is 0 Å². The maximum atomic E-state index is 12.3. The molecule has 0 heterocycles. The zero-order chi connectivity index (χ0) is 20.2. The van der Waals surface area contributed by atoms with Gasteiger partial charge in [0.2, 0.25) is 11.8 Å². The molecule has 3 amide bonds. The number of primary amides is 1. The summed E-state index contributed by atoms with van der Waals surface area (Å²) < 4.78 is 0. The van der Waals surface area contributed by atoms with Crippen molar-refractivity contribution < 1.29 is 14.4 Å². The number of nitrogens with one attached hydrogen (secondary N) is 3. The molecule has 0 aliphatic carbocycles. The van der Waals surface area contributed by atoms with Crippen LogP contribution in [0.1, 0.15) is 35.7 Å². The van der Waals surface area contributed by atoms with Gasteiger partial charge < -0.3 is 26.6 Å². The second kappa shape index (κ2) is 12.0. The summed E-state index contributed by atoms with van der Waals surface area (Å²) in [5.74, 6) is -1.39. The number of benzene rings is 1. The fourth-order valence-electron chi connectivity index (χ4n) is 2.42. The number of carbonyl (C=O) groups is 3. The molecule has 0 aromatic heterocycles. The molecule has 1 aromatic carbocycles. The van der Waals surface area contributed by atoms with Gasteiger partial charge in [-0.3, -0.25) is 14.4 Å². The summed E-state index contributed by atoms with van der Waals surface area (Å²) in [6, 6.07) is 6.54. The molecule has 5 N–H and O–H groups in total. The molecule has 1 rings (SSSR count). The van der Waals surface area contributed by atoms with Gasteiger partial charge in [-0.1, -0.05) is 19.1 Å². The Bertz CT molecular complexity index is 616. The summed E-state index contributed by atoms with van der Waals surface area (Å²) in [5, 5.41) is 8.44. The number of hydrogen-bond acceptors (Lipinski definition) is 5. The van der Waals surface area contributed by atoms with E-state index >= 15 is 0 Å². The number of hydrogen-bond donors (Lipinski definition) is 4. The molecule has 0 radical (unpaired) electrons. The van der Waals surface area contributed by atoms with Gasteiger partial charge in [0.05, 0.1) is 6.54 Å². The van der Waals surface area contributed by atoms with Gasteiger partial charge in [-0.25, -0.2) is 0 Å². The Balaban J connectivity index is 2.48. The van der Waals surface area contributed by atoms with Crippen LogP contribution in [0.5, 0.6) is 0 Å². The van der Waals surface area contributed by atoms with Crippen molar-refractivity contribution in [2.75, 3.05) is 33.7 Å². The van der Waals surface area contributed by atoms with E-state index in [4.69, 9.17) is 5.73 Å². The molecule has 8 nitrogen and oxygen atoms in total. The maximum Gasteiger partial charge on any atom is 0.251 e. The molecule has 0 saturated carbocycles. The first-order valence-corrected chi connectivity index (χ1v) is 9.14. The molecule has 0 bridgehead atoms. The number of amides is 3. The Hall–Kier alpha value is -2.45. The van der Waals surface area contributed by atoms with Crippen LogP contribution in [0.2, 0.25) is 0 Å². The Morgan fingerprint density at radius 3 is 2.37 bits per heavy atom. The van der Waals surface area contributed by atoms with Crippen LogP contribution in [-0.4, -0.2) is 62.4 Å². The van der Waals surface area contributed by atoms with Crippen LogP contribution in [0.15, 0.2) is 24.3 Å². The van der Waals surface area contributed by atoms with Crippen molar-refractivity contribution in [3.63, 3.8) is 0 Å². The van der Waals surface area contributed by atoms with E-state index in [1.54, 1.807) is 19.1 Å². The summed E-state index contributed by atoms with van der Waals surface area (Å²) in [6.07, 6.45) is 1.48. The monoisotopic (exact) mass is 377 g/mol. The Kier molecular flexibility index (Phi) is 10.1. The van der Waals surface area contributed by atoms with Crippen molar-refractivity contribution >= 4 is 17.7 Å². The van der Waals surface area contributed by atoms with Crippen LogP contribution in [0, 0.1) is 0 Å². The van der Waals surface area contributed by atoms with Crippen molar-refractivity contribution in [3.8, 4) is 0 Å². The van der Waals surface area contributed by atoms with Crippen LogP contribution in [-0.2, 0) is 16.1 Å². The van der Waals surface area contributed by atoms with Crippen molar-refractivity contribution in [2.45, 2.75) is 32.4 Å². The average Bonchev–Trinajstić information content (AvgIpc) is 2.63. The predicted molar refractivity (Wildman–Crippen MR) is 105 cm³/mol. The van der Waals surface area contributed by atoms with Gasteiger partial charge in [0.25, 0.3) is 5.91 Å².